The third kappa shape index (κ3) is 4.15. The molecule has 35 heavy (non-hydrogen) atoms. The van der Waals surface area contributed by atoms with Gasteiger partial charge in [0.1, 0.15) is 17.4 Å². The Kier molecular flexibility index (Phi) is 5.77. The van der Waals surface area contributed by atoms with Crippen LogP contribution in [0.3, 0.4) is 0 Å². The van der Waals surface area contributed by atoms with Crippen molar-refractivity contribution in [2.75, 3.05) is 13.7 Å². The summed E-state index contributed by atoms with van der Waals surface area (Å²) < 4.78 is 49.5. The molecular formula is C23H22FN5O5S. The van der Waals surface area contributed by atoms with Gasteiger partial charge in [0.15, 0.2) is 0 Å². The third-order valence-corrected chi connectivity index (χ3v) is 8.03. The van der Waals surface area contributed by atoms with Crippen LogP contribution >= 0.6 is 0 Å². The van der Waals surface area contributed by atoms with Crippen LogP contribution in [-0.4, -0.2) is 57.2 Å². The number of sulfonamides is 1. The number of hydrogen-bond donors (Lipinski definition) is 2. The molecule has 0 spiro atoms. The molecule has 0 amide bonds. The van der Waals surface area contributed by atoms with Crippen molar-refractivity contribution in [3.05, 3.63) is 72.2 Å². The van der Waals surface area contributed by atoms with E-state index < -0.39 is 33.9 Å². The zero-order valence-electron chi connectivity index (χ0n) is 18.6. The predicted molar refractivity (Wildman–Crippen MR) is 123 cm³/mol. The number of nitrogens with zero attached hydrogens (tertiary/aromatic N) is 4. The monoisotopic (exact) mass is 499 g/mol. The maximum atomic E-state index is 14.1. The van der Waals surface area contributed by atoms with Gasteiger partial charge in [0.05, 0.1) is 41.7 Å². The average molecular weight is 500 g/mol. The van der Waals surface area contributed by atoms with Crippen molar-refractivity contribution in [2.45, 2.75) is 29.8 Å². The molecule has 5 rings (SSSR count). The summed E-state index contributed by atoms with van der Waals surface area (Å²) >= 11 is 0. The first-order valence-corrected chi connectivity index (χ1v) is 12.3. The fourth-order valence-electron chi connectivity index (χ4n) is 4.55. The molecule has 0 aliphatic carbocycles. The Morgan fingerprint density at radius 2 is 2.03 bits per heavy atom. The smallest absolute Gasteiger partial charge is 0.309 e. The highest BCUT2D eigenvalue weighted by Gasteiger charge is 2.43. The van der Waals surface area contributed by atoms with E-state index in [0.717, 1.165) is 0 Å². The normalized spacial score (nSPS) is 18.8. The van der Waals surface area contributed by atoms with E-state index in [9.17, 15) is 22.7 Å². The number of carboxylic acid groups (broad SMARTS) is 1. The minimum Gasteiger partial charge on any atom is -0.497 e. The second-order valence-corrected chi connectivity index (χ2v) is 10.1. The highest BCUT2D eigenvalue weighted by atomic mass is 32.2. The van der Waals surface area contributed by atoms with E-state index in [-0.39, 0.29) is 17.9 Å². The van der Waals surface area contributed by atoms with Gasteiger partial charge < -0.3 is 14.8 Å². The van der Waals surface area contributed by atoms with Gasteiger partial charge in [-0.25, -0.2) is 17.8 Å². The van der Waals surface area contributed by atoms with Crippen LogP contribution in [0, 0.1) is 5.82 Å². The van der Waals surface area contributed by atoms with Crippen LogP contribution < -0.4 is 4.74 Å². The van der Waals surface area contributed by atoms with Gasteiger partial charge in [0.25, 0.3) is 0 Å². The third-order valence-electron chi connectivity index (χ3n) is 6.15. The molecule has 4 aromatic rings. The number of aliphatic carboxylic acids is 1. The van der Waals surface area contributed by atoms with Crippen LogP contribution in [0.1, 0.15) is 30.0 Å². The summed E-state index contributed by atoms with van der Waals surface area (Å²) in [6.45, 7) is 0.0412. The number of hydrogen-bond acceptors (Lipinski definition) is 6. The molecule has 0 radical (unpaired) electrons. The number of aromatic nitrogens is 4. The number of carbonyl (C=O) groups is 1. The topological polar surface area (TPSA) is 130 Å². The summed E-state index contributed by atoms with van der Waals surface area (Å²) in [5, 5.41) is 14.3. The molecule has 2 aromatic heterocycles. The first-order chi connectivity index (χ1) is 16.8. The second kappa shape index (κ2) is 8.78. The van der Waals surface area contributed by atoms with Crippen LogP contribution in [0.25, 0.3) is 10.9 Å². The first kappa shape index (κ1) is 23.0. The molecule has 12 heteroatoms. The van der Waals surface area contributed by atoms with E-state index in [1.165, 1.54) is 46.4 Å². The number of H-pyrrole nitrogens is 1. The molecule has 1 aliphatic rings. The Labute approximate surface area is 200 Å². The number of fused-ring (bicyclic) bond motifs is 1. The predicted octanol–water partition coefficient (Wildman–Crippen LogP) is 2.91. The second-order valence-electron chi connectivity index (χ2n) is 8.25. The molecule has 1 aliphatic heterocycles. The van der Waals surface area contributed by atoms with Crippen LogP contribution in [0.5, 0.6) is 5.75 Å². The Bertz CT molecular complexity index is 1480. The van der Waals surface area contributed by atoms with E-state index in [4.69, 9.17) is 4.74 Å². The highest BCUT2D eigenvalue weighted by Crippen LogP contribution is 2.41. The fourth-order valence-corrected chi connectivity index (χ4v) is 6.19. The Balaban J connectivity index is 1.58. The number of methoxy groups -OCH3 is 1. The summed E-state index contributed by atoms with van der Waals surface area (Å²) in [6.07, 6.45) is 3.13. The van der Waals surface area contributed by atoms with Crippen molar-refractivity contribution in [3.63, 3.8) is 0 Å². The summed E-state index contributed by atoms with van der Waals surface area (Å²) in [7, 11) is -2.45. The number of ether oxygens (including phenoxy) is 1. The SMILES string of the molecule is COc1ccc(S(=O)(=O)N2C[C@H](n3nc(CC(=O)O)c4ccc(F)cc43)C[C@@H]2c2ncc[nH]2)cc1. The zero-order chi connectivity index (χ0) is 24.7. The molecule has 182 valence electrons. The van der Waals surface area contributed by atoms with Crippen molar-refractivity contribution >= 4 is 26.9 Å². The minimum atomic E-state index is -3.94. The van der Waals surface area contributed by atoms with Gasteiger partial charge in [-0.05, 0) is 48.9 Å². The van der Waals surface area contributed by atoms with Gasteiger partial charge in [0, 0.05) is 24.3 Å². The van der Waals surface area contributed by atoms with E-state index in [1.807, 2.05) is 0 Å². The zero-order valence-corrected chi connectivity index (χ0v) is 19.4. The standard InChI is InChI=1S/C23H22FN5O5S/c1-34-16-3-5-17(6-4-16)35(32,33)28-13-15(11-21(28)23-25-8-9-26-23)29-20-10-14(24)2-7-18(20)19(27-29)12-22(30)31/h2-10,15,21H,11-13H2,1H3,(H,25,26)(H,30,31)/t15-,21-/m1/s1. The van der Waals surface area contributed by atoms with Crippen LogP contribution in [0.2, 0.25) is 0 Å². The molecule has 2 aromatic carbocycles. The van der Waals surface area contributed by atoms with Crippen molar-refractivity contribution < 1.29 is 27.4 Å². The molecule has 10 nitrogen and oxygen atoms in total. The minimum absolute atomic E-state index is 0.0412. The van der Waals surface area contributed by atoms with Crippen LogP contribution in [0.4, 0.5) is 4.39 Å². The maximum absolute atomic E-state index is 14.1. The summed E-state index contributed by atoms with van der Waals surface area (Å²) in [5.74, 6) is -0.562. The van der Waals surface area contributed by atoms with Crippen molar-refractivity contribution in [3.8, 4) is 5.75 Å². The fraction of sp³-hybridized carbons (Fsp3) is 0.261. The quantitative estimate of drug-likeness (QED) is 0.400. The number of imidazole rings is 1. The van der Waals surface area contributed by atoms with E-state index in [1.54, 1.807) is 24.5 Å². The van der Waals surface area contributed by atoms with Crippen molar-refractivity contribution in [1.82, 2.24) is 24.1 Å². The van der Waals surface area contributed by atoms with E-state index >= 15 is 0 Å². The van der Waals surface area contributed by atoms with Gasteiger partial charge in [-0.3, -0.25) is 9.48 Å². The molecule has 1 fully saturated rings. The van der Waals surface area contributed by atoms with E-state index in [0.29, 0.717) is 34.6 Å². The van der Waals surface area contributed by atoms with E-state index in [2.05, 4.69) is 15.1 Å². The Morgan fingerprint density at radius 3 is 2.69 bits per heavy atom. The van der Waals surface area contributed by atoms with Crippen LogP contribution in [0.15, 0.2) is 59.8 Å². The maximum Gasteiger partial charge on any atom is 0.309 e. The number of carboxylic acids is 1. The molecule has 0 bridgehead atoms. The number of rotatable bonds is 7. The van der Waals surface area contributed by atoms with Gasteiger partial charge in [0.2, 0.25) is 10.0 Å². The number of benzene rings is 2. The molecule has 0 saturated carbocycles. The van der Waals surface area contributed by atoms with Crippen molar-refractivity contribution in [2.24, 2.45) is 0 Å². The highest BCUT2D eigenvalue weighted by molar-refractivity contribution is 7.89. The van der Waals surface area contributed by atoms with Gasteiger partial charge in [-0.1, -0.05) is 0 Å². The molecule has 0 unspecified atom stereocenters. The molecule has 2 N–H and O–H groups in total. The largest absolute Gasteiger partial charge is 0.497 e. The molecule has 2 atom stereocenters. The molecular weight excluding hydrogens is 477 g/mol. The Morgan fingerprint density at radius 1 is 1.26 bits per heavy atom. The van der Waals surface area contributed by atoms with Crippen molar-refractivity contribution in [1.29, 1.82) is 0 Å². The van der Waals surface area contributed by atoms with Crippen LogP contribution in [-0.2, 0) is 21.2 Å². The lowest BCUT2D eigenvalue weighted by Crippen LogP contribution is -2.32. The molecule has 3 heterocycles. The number of nitrogens with one attached hydrogen (secondary N) is 1. The number of halogens is 1. The lowest BCUT2D eigenvalue weighted by molar-refractivity contribution is -0.136. The summed E-state index contributed by atoms with van der Waals surface area (Å²) in [4.78, 5) is 18.7. The van der Waals surface area contributed by atoms with Gasteiger partial charge >= 0.3 is 5.97 Å². The lowest BCUT2D eigenvalue weighted by atomic mass is 10.1. The van der Waals surface area contributed by atoms with Gasteiger partial charge in [-0.2, -0.15) is 9.40 Å². The average Bonchev–Trinajstić information content (AvgIpc) is 3.57. The number of aromatic amines is 1. The first-order valence-electron chi connectivity index (χ1n) is 10.8. The summed E-state index contributed by atoms with van der Waals surface area (Å²) in [6, 6.07) is 9.03. The molecule has 1 saturated heterocycles. The summed E-state index contributed by atoms with van der Waals surface area (Å²) in [5.41, 5.74) is 0.701. The Hall–Kier alpha value is -3.77. The lowest BCUT2D eigenvalue weighted by Gasteiger charge is -2.22. The van der Waals surface area contributed by atoms with Gasteiger partial charge in [-0.15, -0.1) is 0 Å².